The van der Waals surface area contributed by atoms with Crippen LogP contribution in [0.2, 0.25) is 0 Å². The highest BCUT2D eigenvalue weighted by Gasteiger charge is 2.40. The Bertz CT molecular complexity index is 283. The Morgan fingerprint density at radius 2 is 2.50 bits per heavy atom. The maximum Gasteiger partial charge on any atom is 0.0934 e. The zero-order valence-electron chi connectivity index (χ0n) is 8.33. The van der Waals surface area contributed by atoms with Crippen molar-refractivity contribution in [2.45, 2.75) is 25.9 Å². The van der Waals surface area contributed by atoms with Crippen molar-refractivity contribution in [3.05, 3.63) is 24.2 Å². The molecule has 2 rings (SSSR count). The minimum absolute atomic E-state index is 0.254. The fourth-order valence-corrected chi connectivity index (χ4v) is 3.01. The van der Waals surface area contributed by atoms with E-state index in [2.05, 4.69) is 22.9 Å². The van der Waals surface area contributed by atoms with Crippen LogP contribution in [0, 0.1) is 5.41 Å². The van der Waals surface area contributed by atoms with E-state index in [4.69, 9.17) is 9.15 Å². The molecule has 0 saturated carbocycles. The van der Waals surface area contributed by atoms with E-state index in [1.165, 1.54) is 5.56 Å². The minimum Gasteiger partial charge on any atom is -0.472 e. The molecule has 1 aliphatic rings. The summed E-state index contributed by atoms with van der Waals surface area (Å²) in [5.74, 6) is 0. The van der Waals surface area contributed by atoms with Gasteiger partial charge in [-0.05, 0) is 31.4 Å². The summed E-state index contributed by atoms with van der Waals surface area (Å²) in [5.41, 5.74) is 1.52. The van der Waals surface area contributed by atoms with Crippen LogP contribution in [0.5, 0.6) is 0 Å². The monoisotopic (exact) mass is 258 g/mol. The van der Waals surface area contributed by atoms with Crippen LogP contribution in [0.4, 0.5) is 0 Å². The molecule has 1 fully saturated rings. The molecule has 0 aliphatic carbocycles. The van der Waals surface area contributed by atoms with Crippen molar-refractivity contribution in [2.24, 2.45) is 5.41 Å². The lowest BCUT2D eigenvalue weighted by Crippen LogP contribution is -2.32. The first-order valence-electron chi connectivity index (χ1n) is 4.95. The quantitative estimate of drug-likeness (QED) is 0.778. The van der Waals surface area contributed by atoms with Gasteiger partial charge in [-0.15, -0.1) is 0 Å². The fraction of sp³-hybridized carbons (Fsp3) is 0.636. The summed E-state index contributed by atoms with van der Waals surface area (Å²) >= 11 is 3.61. The third kappa shape index (κ3) is 1.75. The molecule has 2 atom stereocenters. The molecule has 1 aliphatic heterocycles. The molecule has 2 unspecified atom stereocenters. The molecule has 3 heteroatoms. The first-order chi connectivity index (χ1) is 6.77. The molecule has 0 bridgehead atoms. The van der Waals surface area contributed by atoms with Crippen LogP contribution in [0.3, 0.4) is 0 Å². The fourth-order valence-electron chi connectivity index (χ4n) is 2.07. The van der Waals surface area contributed by atoms with Crippen molar-refractivity contribution in [2.75, 3.05) is 11.9 Å². The van der Waals surface area contributed by atoms with Gasteiger partial charge < -0.3 is 9.15 Å². The molecule has 2 nitrogen and oxygen atoms in total. The molecular formula is C11H15BrO2. The average Bonchev–Trinajstić information content (AvgIpc) is 2.79. The van der Waals surface area contributed by atoms with Gasteiger partial charge in [-0.1, -0.05) is 15.9 Å². The highest BCUT2D eigenvalue weighted by atomic mass is 79.9. The van der Waals surface area contributed by atoms with Gasteiger partial charge in [-0.25, -0.2) is 0 Å². The van der Waals surface area contributed by atoms with Crippen LogP contribution in [0.1, 0.15) is 18.9 Å². The van der Waals surface area contributed by atoms with Gasteiger partial charge in [0.15, 0.2) is 0 Å². The Morgan fingerprint density at radius 1 is 1.64 bits per heavy atom. The maximum atomic E-state index is 5.65. The molecule has 78 valence electrons. The average molecular weight is 259 g/mol. The van der Waals surface area contributed by atoms with Crippen molar-refractivity contribution >= 4 is 15.9 Å². The smallest absolute Gasteiger partial charge is 0.0934 e. The van der Waals surface area contributed by atoms with Gasteiger partial charge in [0.1, 0.15) is 0 Å². The summed E-state index contributed by atoms with van der Waals surface area (Å²) < 4.78 is 10.7. The molecular weight excluding hydrogens is 244 g/mol. The molecule has 1 aromatic rings. The van der Waals surface area contributed by atoms with Crippen molar-refractivity contribution in [3.8, 4) is 0 Å². The van der Waals surface area contributed by atoms with Crippen molar-refractivity contribution in [1.29, 1.82) is 0 Å². The Balaban J connectivity index is 2.13. The van der Waals surface area contributed by atoms with Gasteiger partial charge in [0.2, 0.25) is 0 Å². The second kappa shape index (κ2) is 4.07. The summed E-state index contributed by atoms with van der Waals surface area (Å²) in [4.78, 5) is 0. The third-order valence-corrected chi connectivity index (χ3v) is 4.35. The number of rotatable bonds is 3. The molecule has 0 aromatic carbocycles. The molecule has 0 radical (unpaired) electrons. The zero-order chi connectivity index (χ0) is 10.0. The predicted molar refractivity (Wildman–Crippen MR) is 58.7 cm³/mol. The number of hydrogen-bond acceptors (Lipinski definition) is 2. The molecule has 0 N–H and O–H groups in total. The third-order valence-electron chi connectivity index (χ3n) is 3.23. The Labute approximate surface area is 92.8 Å². The van der Waals surface area contributed by atoms with Crippen LogP contribution < -0.4 is 0 Å². The van der Waals surface area contributed by atoms with E-state index >= 15 is 0 Å². The molecule has 2 heterocycles. The van der Waals surface area contributed by atoms with Gasteiger partial charge in [0.05, 0.1) is 18.6 Å². The second-order valence-electron chi connectivity index (χ2n) is 4.07. The number of halogens is 1. The zero-order valence-corrected chi connectivity index (χ0v) is 9.92. The van der Waals surface area contributed by atoms with Crippen molar-refractivity contribution in [1.82, 2.24) is 0 Å². The van der Waals surface area contributed by atoms with Crippen LogP contribution in [-0.2, 0) is 11.2 Å². The summed E-state index contributed by atoms with van der Waals surface area (Å²) in [6, 6.07) is 2.04. The van der Waals surface area contributed by atoms with E-state index in [0.717, 1.165) is 24.8 Å². The number of ether oxygens (including phenoxy) is 1. The first kappa shape index (κ1) is 10.2. The standard InChI is InChI=1S/C11H15BrO2/c1-9-11(8-12,3-5-14-9)6-10-2-4-13-7-10/h2,4,7,9H,3,5-6,8H2,1H3. The number of furan rings is 1. The summed E-state index contributed by atoms with van der Waals surface area (Å²) in [5, 5.41) is 0.992. The first-order valence-corrected chi connectivity index (χ1v) is 6.08. The van der Waals surface area contributed by atoms with E-state index < -0.39 is 0 Å². The molecule has 14 heavy (non-hydrogen) atoms. The Morgan fingerprint density at radius 3 is 3.00 bits per heavy atom. The van der Waals surface area contributed by atoms with Gasteiger partial charge >= 0.3 is 0 Å². The van der Waals surface area contributed by atoms with E-state index in [-0.39, 0.29) is 5.41 Å². The summed E-state index contributed by atoms with van der Waals surface area (Å²) in [6.07, 6.45) is 6.06. The highest BCUT2D eigenvalue weighted by molar-refractivity contribution is 9.09. The molecule has 1 saturated heterocycles. The molecule has 0 spiro atoms. The van der Waals surface area contributed by atoms with Crippen LogP contribution in [0.25, 0.3) is 0 Å². The van der Waals surface area contributed by atoms with Crippen LogP contribution >= 0.6 is 15.9 Å². The summed E-state index contributed by atoms with van der Waals surface area (Å²) in [6.45, 7) is 3.04. The maximum absolute atomic E-state index is 5.65. The number of hydrogen-bond donors (Lipinski definition) is 0. The van der Waals surface area contributed by atoms with Crippen LogP contribution in [0.15, 0.2) is 23.0 Å². The Kier molecular flexibility index (Phi) is 2.98. The van der Waals surface area contributed by atoms with Crippen LogP contribution in [-0.4, -0.2) is 18.0 Å². The van der Waals surface area contributed by atoms with E-state index in [1.807, 2.05) is 12.3 Å². The number of alkyl halides is 1. The van der Waals surface area contributed by atoms with E-state index in [9.17, 15) is 0 Å². The van der Waals surface area contributed by atoms with E-state index in [0.29, 0.717) is 6.10 Å². The minimum atomic E-state index is 0.254. The van der Waals surface area contributed by atoms with Gasteiger partial charge in [0, 0.05) is 17.4 Å². The SMILES string of the molecule is CC1OCCC1(CBr)Cc1ccoc1. The molecule has 1 aromatic heterocycles. The Hall–Kier alpha value is -0.280. The van der Waals surface area contributed by atoms with Gasteiger partial charge in [-0.2, -0.15) is 0 Å². The largest absolute Gasteiger partial charge is 0.472 e. The predicted octanol–water partition coefficient (Wildman–Crippen LogP) is 3.01. The van der Waals surface area contributed by atoms with Crippen molar-refractivity contribution < 1.29 is 9.15 Å². The van der Waals surface area contributed by atoms with Gasteiger partial charge in [-0.3, -0.25) is 0 Å². The van der Waals surface area contributed by atoms with Gasteiger partial charge in [0.25, 0.3) is 0 Å². The topological polar surface area (TPSA) is 22.4 Å². The van der Waals surface area contributed by atoms with Crippen molar-refractivity contribution in [3.63, 3.8) is 0 Å². The second-order valence-corrected chi connectivity index (χ2v) is 4.63. The lowest BCUT2D eigenvalue weighted by molar-refractivity contribution is 0.0746. The molecule has 0 amide bonds. The van der Waals surface area contributed by atoms with E-state index in [1.54, 1.807) is 6.26 Å². The lowest BCUT2D eigenvalue weighted by Gasteiger charge is -2.29. The lowest BCUT2D eigenvalue weighted by atomic mass is 9.79. The normalized spacial score (nSPS) is 32.3. The highest BCUT2D eigenvalue weighted by Crippen LogP contribution is 2.39. The summed E-state index contributed by atoms with van der Waals surface area (Å²) in [7, 11) is 0.